The SMILES string of the molecule is CCn1cc(S(=O)(=O)NCCn2cc(C)cn2)cc1CN. The summed E-state index contributed by atoms with van der Waals surface area (Å²) in [6.07, 6.45) is 5.22. The quantitative estimate of drug-likeness (QED) is 0.776. The average molecular weight is 311 g/mol. The smallest absolute Gasteiger partial charge is 0.242 e. The maximum atomic E-state index is 12.2. The molecule has 0 unspecified atom stereocenters. The zero-order chi connectivity index (χ0) is 15.5. The molecule has 0 saturated heterocycles. The first-order valence-corrected chi connectivity index (χ1v) is 8.32. The maximum Gasteiger partial charge on any atom is 0.242 e. The molecule has 0 aliphatic carbocycles. The molecule has 0 saturated carbocycles. The lowest BCUT2D eigenvalue weighted by molar-refractivity contribution is 0.560. The number of rotatable bonds is 7. The van der Waals surface area contributed by atoms with Crippen LogP contribution in [-0.2, 0) is 29.7 Å². The zero-order valence-electron chi connectivity index (χ0n) is 12.3. The topological polar surface area (TPSA) is 94.9 Å². The molecule has 3 N–H and O–H groups in total. The van der Waals surface area contributed by atoms with Gasteiger partial charge in [-0.2, -0.15) is 5.10 Å². The molecule has 0 amide bonds. The van der Waals surface area contributed by atoms with Gasteiger partial charge >= 0.3 is 0 Å². The predicted octanol–water partition coefficient (Wildman–Crippen LogP) is 0.450. The highest BCUT2D eigenvalue weighted by molar-refractivity contribution is 7.89. The van der Waals surface area contributed by atoms with Crippen molar-refractivity contribution in [3.05, 3.63) is 35.9 Å². The van der Waals surface area contributed by atoms with Gasteiger partial charge in [0, 0.05) is 37.7 Å². The van der Waals surface area contributed by atoms with Crippen LogP contribution in [0.4, 0.5) is 0 Å². The van der Waals surface area contributed by atoms with Gasteiger partial charge in [0.05, 0.1) is 17.6 Å². The van der Waals surface area contributed by atoms with Gasteiger partial charge in [-0.3, -0.25) is 4.68 Å². The summed E-state index contributed by atoms with van der Waals surface area (Å²) in [7, 11) is -3.51. The van der Waals surface area contributed by atoms with Crippen molar-refractivity contribution in [1.29, 1.82) is 0 Å². The number of nitrogens with zero attached hydrogens (tertiary/aromatic N) is 3. The third kappa shape index (κ3) is 3.72. The van der Waals surface area contributed by atoms with Crippen molar-refractivity contribution in [2.75, 3.05) is 6.54 Å². The minimum Gasteiger partial charge on any atom is -0.349 e. The van der Waals surface area contributed by atoms with Crippen LogP contribution < -0.4 is 10.5 Å². The number of sulfonamides is 1. The molecule has 0 radical (unpaired) electrons. The van der Waals surface area contributed by atoms with E-state index in [1.807, 2.05) is 24.6 Å². The molecule has 0 aliphatic rings. The fourth-order valence-corrected chi connectivity index (χ4v) is 3.19. The molecule has 116 valence electrons. The number of nitrogens with one attached hydrogen (secondary N) is 1. The number of aromatic nitrogens is 3. The second-order valence-electron chi connectivity index (χ2n) is 4.84. The van der Waals surface area contributed by atoms with Gasteiger partial charge in [0.2, 0.25) is 10.0 Å². The van der Waals surface area contributed by atoms with Gasteiger partial charge in [-0.1, -0.05) is 0 Å². The minimum absolute atomic E-state index is 0.251. The Labute approximate surface area is 124 Å². The van der Waals surface area contributed by atoms with Crippen molar-refractivity contribution in [2.24, 2.45) is 5.73 Å². The van der Waals surface area contributed by atoms with Gasteiger partial charge < -0.3 is 10.3 Å². The third-order valence-corrected chi connectivity index (χ3v) is 4.64. The molecule has 7 nitrogen and oxygen atoms in total. The number of hydrogen-bond donors (Lipinski definition) is 2. The lowest BCUT2D eigenvalue weighted by atomic mass is 10.4. The fourth-order valence-electron chi connectivity index (χ4n) is 2.11. The van der Waals surface area contributed by atoms with Crippen LogP contribution in [0.25, 0.3) is 0 Å². The molecule has 21 heavy (non-hydrogen) atoms. The van der Waals surface area contributed by atoms with E-state index in [9.17, 15) is 8.42 Å². The molecule has 2 aromatic heterocycles. The number of nitrogens with two attached hydrogens (primary N) is 1. The molecule has 0 aliphatic heterocycles. The number of hydrogen-bond acceptors (Lipinski definition) is 4. The average Bonchev–Trinajstić information content (AvgIpc) is 3.04. The first kappa shape index (κ1) is 15.7. The molecule has 2 heterocycles. The Bertz CT molecular complexity index is 680. The molecule has 0 atom stereocenters. The summed E-state index contributed by atoms with van der Waals surface area (Å²) < 4.78 is 30.6. The number of aryl methyl sites for hydroxylation is 2. The Morgan fingerprint density at radius 2 is 2.14 bits per heavy atom. The molecule has 0 bridgehead atoms. The van der Waals surface area contributed by atoms with E-state index in [1.165, 1.54) is 0 Å². The summed E-state index contributed by atoms with van der Waals surface area (Å²) in [5, 5.41) is 4.11. The lowest BCUT2D eigenvalue weighted by Crippen LogP contribution is -2.27. The summed E-state index contributed by atoms with van der Waals surface area (Å²) in [6, 6.07) is 1.61. The first-order valence-electron chi connectivity index (χ1n) is 6.84. The van der Waals surface area contributed by atoms with Crippen molar-refractivity contribution in [3.63, 3.8) is 0 Å². The normalized spacial score (nSPS) is 12.0. The Morgan fingerprint density at radius 3 is 2.67 bits per heavy atom. The monoisotopic (exact) mass is 311 g/mol. The summed E-state index contributed by atoms with van der Waals surface area (Å²) in [4.78, 5) is 0.251. The van der Waals surface area contributed by atoms with E-state index in [0.29, 0.717) is 26.2 Å². The molecular weight excluding hydrogens is 290 g/mol. The van der Waals surface area contributed by atoms with Crippen LogP contribution >= 0.6 is 0 Å². The minimum atomic E-state index is -3.51. The van der Waals surface area contributed by atoms with Crippen LogP contribution in [0.15, 0.2) is 29.6 Å². The first-order chi connectivity index (χ1) is 9.96. The summed E-state index contributed by atoms with van der Waals surface area (Å²) in [5.74, 6) is 0. The van der Waals surface area contributed by atoms with Crippen LogP contribution in [0.2, 0.25) is 0 Å². The molecule has 0 fully saturated rings. The van der Waals surface area contributed by atoms with Crippen molar-refractivity contribution in [2.45, 2.75) is 38.4 Å². The molecule has 2 rings (SSSR count). The van der Waals surface area contributed by atoms with Gasteiger partial charge in [-0.15, -0.1) is 0 Å². The molecule has 0 spiro atoms. The van der Waals surface area contributed by atoms with E-state index < -0.39 is 10.0 Å². The van der Waals surface area contributed by atoms with Crippen molar-refractivity contribution in [1.82, 2.24) is 19.1 Å². The zero-order valence-corrected chi connectivity index (χ0v) is 13.1. The Hall–Kier alpha value is -1.64. The third-order valence-electron chi connectivity index (χ3n) is 3.22. The van der Waals surface area contributed by atoms with Gasteiger partial charge in [-0.05, 0) is 25.5 Å². The Kier molecular flexibility index (Phi) is 4.81. The van der Waals surface area contributed by atoms with Crippen LogP contribution in [0, 0.1) is 6.92 Å². The highest BCUT2D eigenvalue weighted by Crippen LogP contribution is 2.14. The molecule has 0 aromatic carbocycles. The largest absolute Gasteiger partial charge is 0.349 e. The summed E-state index contributed by atoms with van der Waals surface area (Å²) >= 11 is 0. The van der Waals surface area contributed by atoms with Crippen LogP contribution in [-0.4, -0.2) is 29.3 Å². The Morgan fingerprint density at radius 1 is 1.38 bits per heavy atom. The van der Waals surface area contributed by atoms with E-state index >= 15 is 0 Å². The second kappa shape index (κ2) is 6.42. The lowest BCUT2D eigenvalue weighted by Gasteiger charge is -2.05. The van der Waals surface area contributed by atoms with E-state index in [-0.39, 0.29) is 4.90 Å². The Balaban J connectivity index is 2.02. The van der Waals surface area contributed by atoms with Gasteiger partial charge in [0.25, 0.3) is 0 Å². The van der Waals surface area contributed by atoms with Crippen molar-refractivity contribution >= 4 is 10.0 Å². The van der Waals surface area contributed by atoms with Crippen LogP contribution in [0.3, 0.4) is 0 Å². The van der Waals surface area contributed by atoms with E-state index in [0.717, 1.165) is 11.3 Å². The highest BCUT2D eigenvalue weighted by Gasteiger charge is 2.17. The van der Waals surface area contributed by atoms with Gasteiger partial charge in [0.1, 0.15) is 0 Å². The van der Waals surface area contributed by atoms with Gasteiger partial charge in [0.15, 0.2) is 0 Å². The van der Waals surface area contributed by atoms with Crippen LogP contribution in [0.1, 0.15) is 18.2 Å². The summed E-state index contributed by atoms with van der Waals surface area (Å²) in [5.41, 5.74) is 7.47. The standard InChI is InChI=1S/C13H21N5O2S/c1-3-17-10-13(6-12(17)7-14)21(19,20)16-4-5-18-9-11(2)8-15-18/h6,8-10,16H,3-5,7,14H2,1-2H3. The molecule has 2 aromatic rings. The fraction of sp³-hybridized carbons (Fsp3) is 0.462. The van der Waals surface area contributed by atoms with E-state index in [1.54, 1.807) is 23.1 Å². The maximum absolute atomic E-state index is 12.2. The van der Waals surface area contributed by atoms with Crippen molar-refractivity contribution < 1.29 is 8.42 Å². The molecular formula is C13H21N5O2S. The van der Waals surface area contributed by atoms with Crippen molar-refractivity contribution in [3.8, 4) is 0 Å². The highest BCUT2D eigenvalue weighted by atomic mass is 32.2. The predicted molar refractivity (Wildman–Crippen MR) is 80.1 cm³/mol. The van der Waals surface area contributed by atoms with Gasteiger partial charge in [-0.25, -0.2) is 13.1 Å². The van der Waals surface area contributed by atoms with Crippen LogP contribution in [0.5, 0.6) is 0 Å². The summed E-state index contributed by atoms with van der Waals surface area (Å²) in [6.45, 7) is 5.67. The van der Waals surface area contributed by atoms with E-state index in [4.69, 9.17) is 5.73 Å². The second-order valence-corrected chi connectivity index (χ2v) is 6.60. The molecule has 8 heteroatoms. The van der Waals surface area contributed by atoms with E-state index in [2.05, 4.69) is 9.82 Å².